The Morgan fingerprint density at radius 3 is 1.18 bits per heavy atom. The molecule has 11 heavy (non-hydrogen) atoms. The van der Waals surface area contributed by atoms with Crippen LogP contribution in [0.1, 0.15) is 0 Å². The topological polar surface area (TPSA) is 0 Å². The van der Waals surface area contributed by atoms with Gasteiger partial charge in [0.1, 0.15) is 0 Å². The summed E-state index contributed by atoms with van der Waals surface area (Å²) in [4.78, 5) is 0. The van der Waals surface area contributed by atoms with Crippen LogP contribution >= 0.6 is 0 Å². The van der Waals surface area contributed by atoms with Crippen molar-refractivity contribution in [3.05, 3.63) is 0 Å². The van der Waals surface area contributed by atoms with Gasteiger partial charge in [0.2, 0.25) is 0 Å². The maximum absolute atomic E-state index is 2.51. The molecule has 3 heteroatoms. The summed E-state index contributed by atoms with van der Waals surface area (Å²) in [5.74, 6) is 0. The van der Waals surface area contributed by atoms with Gasteiger partial charge in [-0.05, 0) is 0 Å². The zero-order valence-corrected chi connectivity index (χ0v) is 13.4. The fraction of sp³-hybridized carbons (Fsp3) is 1.00. The minimum absolute atomic E-state index is 0.233. The SMILES string of the molecule is C[Si](C)(C)[CH2][Sb][CH2][Si](C)(C)C. The van der Waals surface area contributed by atoms with Crippen LogP contribution in [0.3, 0.4) is 0 Å². The van der Waals surface area contributed by atoms with Gasteiger partial charge in [0.05, 0.1) is 0 Å². The van der Waals surface area contributed by atoms with Gasteiger partial charge in [-0.25, -0.2) is 0 Å². The number of rotatable bonds is 4. The summed E-state index contributed by atoms with van der Waals surface area (Å²) in [7, 11) is -1.34. The first-order valence-electron chi connectivity index (χ1n) is 4.34. The third-order valence-corrected chi connectivity index (χ3v) is 23.6. The van der Waals surface area contributed by atoms with Crippen LogP contribution in [0.5, 0.6) is 0 Å². The van der Waals surface area contributed by atoms with Crippen molar-refractivity contribution in [3.63, 3.8) is 0 Å². The molecule has 0 unspecified atom stereocenters. The maximum atomic E-state index is 2.51. The summed E-state index contributed by atoms with van der Waals surface area (Å²) in [6, 6.07) is 0. The van der Waals surface area contributed by atoms with Crippen LogP contribution in [0.2, 0.25) is 47.3 Å². The Bertz CT molecular complexity index is 96.2. The second-order valence-electron chi connectivity index (χ2n) is 5.66. The van der Waals surface area contributed by atoms with Crippen molar-refractivity contribution >= 4 is 37.8 Å². The number of hydrogen-bond donors (Lipinski definition) is 0. The van der Waals surface area contributed by atoms with Gasteiger partial charge < -0.3 is 0 Å². The van der Waals surface area contributed by atoms with E-state index in [1.807, 2.05) is 0 Å². The van der Waals surface area contributed by atoms with E-state index >= 15 is 0 Å². The molecule has 1 radical (unpaired) electrons. The van der Waals surface area contributed by atoms with E-state index in [1.165, 1.54) is 0 Å². The van der Waals surface area contributed by atoms with Gasteiger partial charge in [0.15, 0.2) is 0 Å². The van der Waals surface area contributed by atoms with Crippen molar-refractivity contribution < 1.29 is 0 Å². The summed E-state index contributed by atoms with van der Waals surface area (Å²) in [5.41, 5.74) is 0. The van der Waals surface area contributed by atoms with Crippen LogP contribution in [0.4, 0.5) is 0 Å². The zero-order chi connectivity index (χ0) is 9.12. The van der Waals surface area contributed by atoms with E-state index in [2.05, 4.69) is 39.3 Å². The van der Waals surface area contributed by atoms with E-state index in [4.69, 9.17) is 0 Å². The van der Waals surface area contributed by atoms with Gasteiger partial charge in [0, 0.05) is 0 Å². The Kier molecular flexibility index (Phi) is 4.99. The average molecular weight is 296 g/mol. The molecule has 0 saturated carbocycles. The molecular weight excluding hydrogens is 274 g/mol. The van der Waals surface area contributed by atoms with E-state index < -0.39 is 16.1 Å². The second-order valence-corrected chi connectivity index (χ2v) is 23.2. The van der Waals surface area contributed by atoms with E-state index in [9.17, 15) is 0 Å². The molecule has 0 fully saturated rings. The molecule has 0 nitrogen and oxygen atoms in total. The molecule has 0 rings (SSSR count). The normalized spacial score (nSPS) is 13.6. The molecular formula is C8H22SbSi2. The summed E-state index contributed by atoms with van der Waals surface area (Å²) >= 11 is 0.233. The third kappa shape index (κ3) is 11.3. The van der Waals surface area contributed by atoms with E-state index in [0.29, 0.717) is 0 Å². The van der Waals surface area contributed by atoms with E-state index in [1.54, 1.807) is 7.98 Å². The molecule has 67 valence electrons. The van der Waals surface area contributed by atoms with Gasteiger partial charge in [0.25, 0.3) is 0 Å². The molecule has 0 saturated heterocycles. The molecule has 0 atom stereocenters. The van der Waals surface area contributed by atoms with Crippen molar-refractivity contribution in [3.8, 4) is 0 Å². The van der Waals surface area contributed by atoms with Crippen LogP contribution < -0.4 is 0 Å². The summed E-state index contributed by atoms with van der Waals surface area (Å²) in [6.07, 6.45) is 0. The van der Waals surface area contributed by atoms with Crippen molar-refractivity contribution in [2.45, 2.75) is 47.3 Å². The molecule has 0 aliphatic carbocycles. The predicted octanol–water partition coefficient (Wildman–Crippen LogP) is 3.28. The molecule has 0 aliphatic heterocycles. The van der Waals surface area contributed by atoms with E-state index in [-0.39, 0.29) is 21.6 Å². The van der Waals surface area contributed by atoms with Gasteiger partial charge in [-0.2, -0.15) is 0 Å². The van der Waals surface area contributed by atoms with Gasteiger partial charge in [-0.3, -0.25) is 0 Å². The Morgan fingerprint density at radius 2 is 1.00 bits per heavy atom. The van der Waals surface area contributed by atoms with Crippen LogP contribution in [-0.4, -0.2) is 37.8 Å². The summed E-state index contributed by atoms with van der Waals surface area (Å²) in [6.45, 7) is 15.0. The second kappa shape index (κ2) is 4.48. The van der Waals surface area contributed by atoms with E-state index in [0.717, 1.165) is 0 Å². The van der Waals surface area contributed by atoms with Gasteiger partial charge in [-0.15, -0.1) is 0 Å². The van der Waals surface area contributed by atoms with Gasteiger partial charge in [-0.1, -0.05) is 0 Å². The quantitative estimate of drug-likeness (QED) is 0.698. The van der Waals surface area contributed by atoms with Crippen LogP contribution in [-0.2, 0) is 0 Å². The molecule has 0 aromatic rings. The minimum atomic E-state index is -0.668. The molecule has 0 aliphatic rings. The molecule has 0 amide bonds. The van der Waals surface area contributed by atoms with Crippen LogP contribution in [0.15, 0.2) is 0 Å². The predicted molar refractivity (Wildman–Crippen MR) is 62.1 cm³/mol. The third-order valence-electron chi connectivity index (χ3n) is 1.17. The van der Waals surface area contributed by atoms with Crippen molar-refractivity contribution in [2.75, 3.05) is 0 Å². The Labute approximate surface area is 84.7 Å². The average Bonchev–Trinajstić information content (AvgIpc) is 1.55. The van der Waals surface area contributed by atoms with Crippen molar-refractivity contribution in [2.24, 2.45) is 0 Å². The van der Waals surface area contributed by atoms with Crippen LogP contribution in [0, 0.1) is 0 Å². The molecule has 0 N–H and O–H groups in total. The Hall–Kier alpha value is 1.25. The number of hydrogen-bond acceptors (Lipinski definition) is 0. The van der Waals surface area contributed by atoms with Crippen LogP contribution in [0.25, 0.3) is 0 Å². The Morgan fingerprint density at radius 1 is 0.727 bits per heavy atom. The van der Waals surface area contributed by atoms with Crippen molar-refractivity contribution in [1.82, 2.24) is 0 Å². The summed E-state index contributed by atoms with van der Waals surface area (Å²) < 4.78 is 3.35. The molecule has 0 aromatic heterocycles. The monoisotopic (exact) mass is 295 g/mol. The first-order chi connectivity index (χ1) is 4.71. The first-order valence-corrected chi connectivity index (χ1v) is 15.4. The Balaban J connectivity index is 3.44. The first kappa shape index (κ1) is 12.3. The molecule has 0 bridgehead atoms. The summed E-state index contributed by atoms with van der Waals surface area (Å²) in [5, 5.41) is 0. The fourth-order valence-corrected chi connectivity index (χ4v) is 16.9. The standard InChI is InChI=1S/2C4H11Si.Sb/c2*1-5(2,3)4;/h2*1H2,2-4H3;. The fourth-order valence-electron chi connectivity index (χ4n) is 0.727. The van der Waals surface area contributed by atoms with Crippen molar-refractivity contribution in [1.29, 1.82) is 0 Å². The zero-order valence-electron chi connectivity index (χ0n) is 8.86. The molecule has 0 aromatic carbocycles. The molecule has 0 heterocycles. The van der Waals surface area contributed by atoms with Gasteiger partial charge >= 0.3 is 85.0 Å². The molecule has 0 spiro atoms.